The second-order valence-corrected chi connectivity index (χ2v) is 9.79. The summed E-state index contributed by atoms with van der Waals surface area (Å²) in [4.78, 5) is 11.4. The lowest BCUT2D eigenvalue weighted by molar-refractivity contribution is -0.697. The highest BCUT2D eigenvalue weighted by Gasteiger charge is 2.42. The highest BCUT2D eigenvalue weighted by Crippen LogP contribution is 2.33. The molecule has 2 aromatic rings. The van der Waals surface area contributed by atoms with Crippen molar-refractivity contribution in [1.82, 2.24) is 10.6 Å². The first-order valence-corrected chi connectivity index (χ1v) is 12.4. The van der Waals surface area contributed by atoms with E-state index < -0.39 is 0 Å². The van der Waals surface area contributed by atoms with Gasteiger partial charge in [-0.15, -0.1) is 0 Å². The van der Waals surface area contributed by atoms with Gasteiger partial charge in [-0.25, -0.2) is 13.9 Å². The van der Waals surface area contributed by atoms with Gasteiger partial charge in [-0.1, -0.05) is 12.8 Å². The summed E-state index contributed by atoms with van der Waals surface area (Å²) in [6, 6.07) is 9.30. The van der Waals surface area contributed by atoms with Gasteiger partial charge in [0.2, 0.25) is 0 Å². The van der Waals surface area contributed by atoms with Gasteiger partial charge in [0, 0.05) is 48.3 Å². The van der Waals surface area contributed by atoms with Crippen molar-refractivity contribution in [2.75, 3.05) is 19.0 Å². The lowest BCUT2D eigenvalue weighted by Crippen LogP contribution is -2.36. The lowest BCUT2D eigenvalue weighted by atomic mass is 10.0. The molecule has 2 aliphatic heterocycles. The molecule has 3 unspecified atom stereocenters. The van der Waals surface area contributed by atoms with Gasteiger partial charge in [-0.3, -0.25) is 0 Å². The summed E-state index contributed by atoms with van der Waals surface area (Å²) in [7, 11) is 2.03. The van der Waals surface area contributed by atoms with E-state index in [9.17, 15) is 4.79 Å². The molecule has 4 rings (SSSR count). The number of nitrogens with zero attached hydrogens (tertiary/aromatic N) is 2. The van der Waals surface area contributed by atoms with E-state index in [2.05, 4.69) is 64.3 Å². The minimum absolute atomic E-state index is 0.00765. The smallest absolute Gasteiger partial charge is 0.315 e. The van der Waals surface area contributed by atoms with Gasteiger partial charge >= 0.3 is 6.03 Å². The molecule has 2 N–H and O–H groups in total. The fourth-order valence-electron chi connectivity index (χ4n) is 4.31. The SMILES string of the molecule is C[n+]1ccc(-c2cc[n+](CCCOCCCCCC3SCC4NC(=O)NC43)cc2)cc1. The number of pyridine rings is 2. The first kappa shape index (κ1) is 22.1. The van der Waals surface area contributed by atoms with Crippen molar-refractivity contribution >= 4 is 17.8 Å². The first-order chi connectivity index (χ1) is 15.2. The molecular formula is C24H34N4O2S+2. The van der Waals surface area contributed by atoms with E-state index >= 15 is 0 Å². The van der Waals surface area contributed by atoms with Crippen LogP contribution in [-0.4, -0.2) is 42.3 Å². The zero-order chi connectivity index (χ0) is 21.5. The molecule has 2 amide bonds. The molecule has 0 bridgehead atoms. The van der Waals surface area contributed by atoms with Crippen molar-refractivity contribution < 1.29 is 18.7 Å². The Labute approximate surface area is 189 Å². The molecule has 4 heterocycles. The maximum Gasteiger partial charge on any atom is 0.315 e. The van der Waals surface area contributed by atoms with Crippen molar-refractivity contribution in [1.29, 1.82) is 0 Å². The molecule has 31 heavy (non-hydrogen) atoms. The molecule has 6 nitrogen and oxygen atoms in total. The third-order valence-electron chi connectivity index (χ3n) is 6.12. The van der Waals surface area contributed by atoms with Crippen LogP contribution >= 0.6 is 11.8 Å². The van der Waals surface area contributed by atoms with Crippen molar-refractivity contribution in [2.45, 2.75) is 56.0 Å². The largest absolute Gasteiger partial charge is 0.381 e. The molecule has 0 spiro atoms. The minimum atomic E-state index is 0.00765. The molecule has 2 aliphatic rings. The van der Waals surface area contributed by atoms with Crippen LogP contribution in [0.15, 0.2) is 49.1 Å². The Hall–Kier alpha value is -2.12. The zero-order valence-corrected chi connectivity index (χ0v) is 19.2. The first-order valence-electron chi connectivity index (χ1n) is 11.4. The highest BCUT2D eigenvalue weighted by molar-refractivity contribution is 8.00. The van der Waals surface area contributed by atoms with E-state index in [1.54, 1.807) is 0 Å². The number of fused-ring (bicyclic) bond motifs is 1. The molecule has 166 valence electrons. The fourth-order valence-corrected chi connectivity index (χ4v) is 5.86. The third-order valence-corrected chi connectivity index (χ3v) is 7.63. The number of carbonyl (C=O) groups excluding carboxylic acids is 1. The Balaban J connectivity index is 1.03. The van der Waals surface area contributed by atoms with Crippen molar-refractivity contribution in [3.8, 4) is 11.1 Å². The van der Waals surface area contributed by atoms with Gasteiger partial charge in [-0.2, -0.15) is 11.8 Å². The van der Waals surface area contributed by atoms with E-state index in [4.69, 9.17) is 4.74 Å². The Kier molecular flexibility index (Phi) is 7.81. The summed E-state index contributed by atoms with van der Waals surface area (Å²) >= 11 is 2.00. The van der Waals surface area contributed by atoms with Crippen LogP contribution in [0.5, 0.6) is 0 Å². The lowest BCUT2D eigenvalue weighted by Gasteiger charge is -2.16. The Bertz CT molecular complexity index is 844. The number of hydrogen-bond acceptors (Lipinski definition) is 3. The summed E-state index contributed by atoms with van der Waals surface area (Å²) in [5.74, 6) is 1.04. The molecule has 2 aromatic heterocycles. The number of carbonyl (C=O) groups is 1. The number of aromatic nitrogens is 2. The third kappa shape index (κ3) is 6.20. The van der Waals surface area contributed by atoms with Gasteiger partial charge < -0.3 is 15.4 Å². The van der Waals surface area contributed by atoms with Crippen LogP contribution in [0, 0.1) is 0 Å². The number of nitrogens with one attached hydrogen (secondary N) is 2. The second-order valence-electron chi connectivity index (χ2n) is 8.51. The number of thioether (sulfide) groups is 1. The Morgan fingerprint density at radius 1 is 0.968 bits per heavy atom. The summed E-state index contributed by atoms with van der Waals surface area (Å²) in [5.41, 5.74) is 2.48. The van der Waals surface area contributed by atoms with Crippen LogP contribution in [0.2, 0.25) is 0 Å². The molecule has 2 fully saturated rings. The fraction of sp³-hybridized carbons (Fsp3) is 0.542. The summed E-state index contributed by atoms with van der Waals surface area (Å²) in [5, 5.41) is 6.64. The van der Waals surface area contributed by atoms with Crippen LogP contribution in [-0.2, 0) is 18.3 Å². The molecule has 0 aromatic carbocycles. The molecule has 0 saturated carbocycles. The van der Waals surface area contributed by atoms with E-state index in [1.165, 1.54) is 30.4 Å². The number of amides is 2. The molecule has 3 atom stereocenters. The van der Waals surface area contributed by atoms with Crippen molar-refractivity contribution in [2.24, 2.45) is 7.05 Å². The summed E-state index contributed by atoms with van der Waals surface area (Å²) in [6.07, 6.45) is 14.2. The van der Waals surface area contributed by atoms with E-state index in [0.29, 0.717) is 17.3 Å². The topological polar surface area (TPSA) is 58.1 Å². The van der Waals surface area contributed by atoms with E-state index in [-0.39, 0.29) is 6.03 Å². The van der Waals surface area contributed by atoms with Gasteiger partial charge in [0.1, 0.15) is 7.05 Å². The van der Waals surface area contributed by atoms with Crippen LogP contribution in [0.25, 0.3) is 11.1 Å². The molecular weight excluding hydrogens is 408 g/mol. The maximum absolute atomic E-state index is 11.4. The summed E-state index contributed by atoms with van der Waals surface area (Å²) < 4.78 is 10.1. The number of unbranched alkanes of at least 4 members (excludes halogenated alkanes) is 2. The highest BCUT2D eigenvalue weighted by atomic mass is 32.2. The van der Waals surface area contributed by atoms with Crippen molar-refractivity contribution in [3.05, 3.63) is 49.1 Å². The predicted molar refractivity (Wildman–Crippen MR) is 123 cm³/mol. The molecule has 0 radical (unpaired) electrons. The Morgan fingerprint density at radius 2 is 1.68 bits per heavy atom. The van der Waals surface area contributed by atoms with E-state index in [0.717, 1.165) is 38.4 Å². The predicted octanol–water partition coefficient (Wildman–Crippen LogP) is 2.60. The van der Waals surface area contributed by atoms with Crippen molar-refractivity contribution in [3.63, 3.8) is 0 Å². The van der Waals surface area contributed by atoms with Crippen LogP contribution in [0.4, 0.5) is 4.79 Å². The van der Waals surface area contributed by atoms with Gasteiger partial charge in [-0.05, 0) is 24.0 Å². The van der Waals surface area contributed by atoms with Crippen LogP contribution < -0.4 is 19.8 Å². The van der Waals surface area contributed by atoms with Crippen LogP contribution in [0.1, 0.15) is 32.1 Å². The maximum atomic E-state index is 11.4. The average Bonchev–Trinajstić information content (AvgIpc) is 3.33. The quantitative estimate of drug-likeness (QED) is 0.320. The number of urea groups is 1. The Morgan fingerprint density at radius 3 is 2.45 bits per heavy atom. The zero-order valence-electron chi connectivity index (χ0n) is 18.3. The van der Waals surface area contributed by atoms with Gasteiger partial charge in [0.05, 0.1) is 18.7 Å². The van der Waals surface area contributed by atoms with E-state index in [1.807, 2.05) is 23.4 Å². The molecule has 0 aliphatic carbocycles. The monoisotopic (exact) mass is 442 g/mol. The normalized spacial score (nSPS) is 22.2. The number of hydrogen-bond donors (Lipinski definition) is 2. The van der Waals surface area contributed by atoms with Crippen LogP contribution in [0.3, 0.4) is 0 Å². The number of ether oxygens (including phenoxy) is 1. The molecule has 2 saturated heterocycles. The van der Waals surface area contributed by atoms with Gasteiger partial charge in [0.25, 0.3) is 0 Å². The number of rotatable bonds is 11. The van der Waals surface area contributed by atoms with Gasteiger partial charge in [0.15, 0.2) is 31.3 Å². The average molecular weight is 443 g/mol. The molecule has 7 heteroatoms. The number of aryl methyl sites for hydroxylation is 2. The summed E-state index contributed by atoms with van der Waals surface area (Å²) in [6.45, 7) is 2.63. The second kappa shape index (κ2) is 11.0. The standard InChI is InChI=1S/C24H33N4O2S/c1-27-12-7-19(8-13-27)20-9-14-28(15-10-20)11-5-17-30-16-4-2-3-6-22-23-21(18-31-22)25-24(29)26-23/h7-10,12-15,21-23H,2-6,11,16-18H2,1H3,(H-,25,26,29)/q+1/p+1. The minimum Gasteiger partial charge on any atom is -0.381 e.